The molecule has 1 aromatic heterocycles. The average Bonchev–Trinajstić information content (AvgIpc) is 3.16. The van der Waals surface area contributed by atoms with Gasteiger partial charge in [-0.15, -0.1) is 0 Å². The van der Waals surface area contributed by atoms with Crippen LogP contribution in [0.3, 0.4) is 0 Å². The van der Waals surface area contributed by atoms with E-state index in [4.69, 9.17) is 0 Å². The molecule has 0 atom stereocenters. The molecule has 31 heavy (non-hydrogen) atoms. The first-order valence-corrected chi connectivity index (χ1v) is 12.8. The van der Waals surface area contributed by atoms with E-state index in [1.54, 1.807) is 12.1 Å². The molecular formula is C23H29N3O3S2. The fourth-order valence-electron chi connectivity index (χ4n) is 3.37. The van der Waals surface area contributed by atoms with Gasteiger partial charge in [0.1, 0.15) is 0 Å². The number of hydrogen-bond donors (Lipinski definition) is 1. The third kappa shape index (κ3) is 5.14. The molecule has 0 saturated carbocycles. The van der Waals surface area contributed by atoms with Crippen molar-refractivity contribution in [2.45, 2.75) is 51.3 Å². The number of nitrogens with zero attached hydrogens (tertiary/aromatic N) is 2. The first-order valence-electron chi connectivity index (χ1n) is 10.6. The van der Waals surface area contributed by atoms with Crippen LogP contribution in [0.25, 0.3) is 10.2 Å². The minimum absolute atomic E-state index is 0.198. The molecule has 0 unspecified atom stereocenters. The van der Waals surface area contributed by atoms with E-state index in [-0.39, 0.29) is 10.8 Å². The van der Waals surface area contributed by atoms with Crippen molar-refractivity contribution < 1.29 is 13.2 Å². The standard InChI is InChI=1S/C23H29N3O3S2/c1-5-7-15-26(6-2)31(28,29)18-13-11-17(12-14-18)22(27)25-23-24-21-19(16(3)4)9-8-10-20(21)30-23/h8-14,16H,5-7,15H2,1-4H3,(H,24,25,27). The number of carbonyl (C=O) groups is 1. The molecule has 3 rings (SSSR count). The Morgan fingerprint density at radius 3 is 2.45 bits per heavy atom. The first-order chi connectivity index (χ1) is 14.8. The van der Waals surface area contributed by atoms with Gasteiger partial charge in [-0.2, -0.15) is 4.31 Å². The normalized spacial score (nSPS) is 12.1. The molecule has 2 aromatic carbocycles. The highest BCUT2D eigenvalue weighted by Gasteiger charge is 2.23. The lowest BCUT2D eigenvalue weighted by Gasteiger charge is -2.20. The summed E-state index contributed by atoms with van der Waals surface area (Å²) < 4.78 is 28.2. The highest BCUT2D eigenvalue weighted by molar-refractivity contribution is 7.89. The zero-order valence-electron chi connectivity index (χ0n) is 18.4. The molecule has 0 spiro atoms. The number of benzene rings is 2. The lowest BCUT2D eigenvalue weighted by molar-refractivity contribution is 0.102. The Hall–Kier alpha value is -2.29. The number of rotatable bonds is 9. The number of fused-ring (bicyclic) bond motifs is 1. The number of carbonyl (C=O) groups excluding carboxylic acids is 1. The van der Waals surface area contributed by atoms with E-state index in [9.17, 15) is 13.2 Å². The van der Waals surface area contributed by atoms with E-state index in [2.05, 4.69) is 30.2 Å². The van der Waals surface area contributed by atoms with Gasteiger partial charge >= 0.3 is 0 Å². The van der Waals surface area contributed by atoms with Crippen LogP contribution in [-0.2, 0) is 10.0 Å². The summed E-state index contributed by atoms with van der Waals surface area (Å²) in [5.41, 5.74) is 2.44. The molecule has 8 heteroatoms. The fraction of sp³-hybridized carbons (Fsp3) is 0.391. The highest BCUT2D eigenvalue weighted by Crippen LogP contribution is 2.31. The largest absolute Gasteiger partial charge is 0.298 e. The Kier molecular flexibility index (Phi) is 7.46. The van der Waals surface area contributed by atoms with Crippen LogP contribution in [0.4, 0.5) is 5.13 Å². The Morgan fingerprint density at radius 1 is 1.13 bits per heavy atom. The quantitative estimate of drug-likeness (QED) is 0.459. The molecule has 166 valence electrons. The summed E-state index contributed by atoms with van der Waals surface area (Å²) in [7, 11) is -3.56. The van der Waals surface area contributed by atoms with Crippen molar-refractivity contribution in [1.29, 1.82) is 0 Å². The molecule has 0 fully saturated rings. The first kappa shape index (κ1) is 23.4. The van der Waals surface area contributed by atoms with Crippen LogP contribution >= 0.6 is 11.3 Å². The molecule has 0 radical (unpaired) electrons. The van der Waals surface area contributed by atoms with E-state index in [1.807, 2.05) is 26.0 Å². The van der Waals surface area contributed by atoms with Gasteiger partial charge in [0.2, 0.25) is 10.0 Å². The van der Waals surface area contributed by atoms with Crippen molar-refractivity contribution in [3.63, 3.8) is 0 Å². The van der Waals surface area contributed by atoms with E-state index >= 15 is 0 Å². The van der Waals surface area contributed by atoms with Gasteiger partial charge in [-0.05, 0) is 48.2 Å². The third-order valence-electron chi connectivity index (χ3n) is 5.16. The Balaban J connectivity index is 1.78. The zero-order chi connectivity index (χ0) is 22.6. The average molecular weight is 460 g/mol. The van der Waals surface area contributed by atoms with E-state index in [1.165, 1.54) is 27.8 Å². The van der Waals surface area contributed by atoms with Gasteiger partial charge in [-0.1, -0.05) is 57.6 Å². The maximum absolute atomic E-state index is 12.8. The van der Waals surface area contributed by atoms with Gasteiger partial charge in [0.25, 0.3) is 5.91 Å². The summed E-state index contributed by atoms with van der Waals surface area (Å²) in [6.07, 6.45) is 1.74. The lowest BCUT2D eigenvalue weighted by atomic mass is 10.0. The minimum atomic E-state index is -3.56. The van der Waals surface area contributed by atoms with E-state index < -0.39 is 10.0 Å². The van der Waals surface area contributed by atoms with Gasteiger partial charge in [-0.25, -0.2) is 13.4 Å². The number of sulfonamides is 1. The smallest absolute Gasteiger partial charge is 0.257 e. The summed E-state index contributed by atoms with van der Waals surface area (Å²) in [4.78, 5) is 17.5. The monoisotopic (exact) mass is 459 g/mol. The van der Waals surface area contributed by atoms with Gasteiger partial charge in [-0.3, -0.25) is 10.1 Å². The van der Waals surface area contributed by atoms with Crippen LogP contribution in [0.15, 0.2) is 47.4 Å². The summed E-state index contributed by atoms with van der Waals surface area (Å²) in [6, 6.07) is 12.1. The van der Waals surface area contributed by atoms with Crippen molar-refractivity contribution in [2.75, 3.05) is 18.4 Å². The molecule has 0 bridgehead atoms. The van der Waals surface area contributed by atoms with Crippen molar-refractivity contribution in [2.24, 2.45) is 0 Å². The fourth-order valence-corrected chi connectivity index (χ4v) is 5.75. The summed E-state index contributed by atoms with van der Waals surface area (Å²) in [6.45, 7) is 9.00. The SMILES string of the molecule is CCCCN(CC)S(=O)(=O)c1ccc(C(=O)Nc2nc3c(C(C)C)cccc3s2)cc1. The Morgan fingerprint density at radius 2 is 1.84 bits per heavy atom. The van der Waals surface area contributed by atoms with Crippen molar-refractivity contribution in [1.82, 2.24) is 9.29 Å². The van der Waals surface area contributed by atoms with Crippen LogP contribution in [0, 0.1) is 0 Å². The number of amides is 1. The van der Waals surface area contributed by atoms with Crippen LogP contribution < -0.4 is 5.32 Å². The van der Waals surface area contributed by atoms with Crippen LogP contribution in [-0.4, -0.2) is 36.7 Å². The van der Waals surface area contributed by atoms with Gasteiger partial charge < -0.3 is 0 Å². The maximum Gasteiger partial charge on any atom is 0.257 e. The molecule has 1 N–H and O–H groups in total. The highest BCUT2D eigenvalue weighted by atomic mass is 32.2. The van der Waals surface area contributed by atoms with Crippen molar-refractivity contribution in [3.05, 3.63) is 53.6 Å². The van der Waals surface area contributed by atoms with Crippen LogP contribution in [0.5, 0.6) is 0 Å². The minimum Gasteiger partial charge on any atom is -0.298 e. The maximum atomic E-state index is 12.8. The predicted molar refractivity (Wildman–Crippen MR) is 127 cm³/mol. The Bertz CT molecular complexity index is 1150. The van der Waals surface area contributed by atoms with Crippen LogP contribution in [0.1, 0.15) is 62.4 Å². The molecule has 0 aliphatic carbocycles. The topological polar surface area (TPSA) is 79.4 Å². The number of aromatic nitrogens is 1. The number of unbranched alkanes of at least 4 members (excludes halogenated alkanes) is 1. The van der Waals surface area contributed by atoms with Gasteiger partial charge in [0, 0.05) is 18.7 Å². The number of hydrogen-bond acceptors (Lipinski definition) is 5. The van der Waals surface area contributed by atoms with Crippen LogP contribution in [0.2, 0.25) is 0 Å². The van der Waals surface area contributed by atoms with E-state index in [0.717, 1.165) is 28.6 Å². The second-order valence-electron chi connectivity index (χ2n) is 7.70. The molecule has 0 aliphatic rings. The van der Waals surface area contributed by atoms with Gasteiger partial charge in [0.15, 0.2) is 5.13 Å². The number of thiazole rings is 1. The van der Waals surface area contributed by atoms with Gasteiger partial charge in [0.05, 0.1) is 15.1 Å². The lowest BCUT2D eigenvalue weighted by Crippen LogP contribution is -2.31. The molecule has 0 saturated heterocycles. The summed E-state index contributed by atoms with van der Waals surface area (Å²) >= 11 is 1.43. The molecule has 0 aliphatic heterocycles. The zero-order valence-corrected chi connectivity index (χ0v) is 20.0. The predicted octanol–water partition coefficient (Wildman–Crippen LogP) is 5.48. The van der Waals surface area contributed by atoms with Crippen molar-refractivity contribution >= 4 is 42.6 Å². The number of anilines is 1. The second-order valence-corrected chi connectivity index (χ2v) is 10.7. The molecule has 3 aromatic rings. The molecule has 1 heterocycles. The number of nitrogens with one attached hydrogen (secondary N) is 1. The summed E-state index contributed by atoms with van der Waals surface area (Å²) in [5.74, 6) is 0.0243. The molecular weight excluding hydrogens is 430 g/mol. The van der Waals surface area contributed by atoms with Crippen molar-refractivity contribution in [3.8, 4) is 0 Å². The number of para-hydroxylation sites is 1. The molecule has 6 nitrogen and oxygen atoms in total. The summed E-state index contributed by atoms with van der Waals surface area (Å²) in [5, 5.41) is 3.37. The van der Waals surface area contributed by atoms with E-state index in [0.29, 0.717) is 29.7 Å². The molecule has 1 amide bonds. The second kappa shape index (κ2) is 9.89. The third-order valence-corrected chi connectivity index (χ3v) is 8.09. The Labute approximate surface area is 188 Å².